The Hall–Kier alpha value is 0.543. The van der Waals surface area contributed by atoms with Gasteiger partial charge < -0.3 is 0 Å². The fraction of sp³-hybridized carbons (Fsp3) is 1.00. The maximum absolute atomic E-state index is 13.0. The van der Waals surface area contributed by atoms with Gasteiger partial charge in [-0.2, -0.15) is 0 Å². The third kappa shape index (κ3) is 5.84. The molecule has 4 aliphatic carbocycles. The van der Waals surface area contributed by atoms with Crippen molar-refractivity contribution in [2.24, 2.45) is 47.3 Å². The second kappa shape index (κ2) is 13.0. The molecule has 0 amide bonds. The van der Waals surface area contributed by atoms with Crippen LogP contribution in [0.3, 0.4) is 0 Å². The van der Waals surface area contributed by atoms with Crippen LogP contribution < -0.4 is 42.5 Å². The first-order valence-electron chi connectivity index (χ1n) is 18.4. The molecule has 250 valence electrons. The van der Waals surface area contributed by atoms with Gasteiger partial charge in [0.25, 0.3) is 0 Å². The van der Waals surface area contributed by atoms with E-state index in [0.717, 1.165) is 12.8 Å². The van der Waals surface area contributed by atoms with Gasteiger partial charge in [-0.05, 0) is 92.8 Å². The van der Waals surface area contributed by atoms with Crippen LogP contribution in [-0.2, 0) is 28.5 Å². The Morgan fingerprint density at radius 1 is 0.378 bits per heavy atom. The summed E-state index contributed by atoms with van der Waals surface area (Å²) in [5.41, 5.74) is 0. The van der Waals surface area contributed by atoms with Crippen LogP contribution in [0.2, 0.25) is 0 Å². The maximum Gasteiger partial charge on any atom is 0.235 e. The van der Waals surface area contributed by atoms with Crippen molar-refractivity contribution >= 4 is 19.7 Å². The van der Waals surface area contributed by atoms with Gasteiger partial charge in [0.1, 0.15) is 0 Å². The standard InChI is InChI=1S/C32H55ClN8O2S.Zn/c33-44(42,43)23-15-7-14-22-24(23)32-40-30-21-13-6-5-12-20(21)28(38-30)36-26-17-9-2-1-8-16(17)25(34-26)35-27-18-10-3-4-11-19(18)29(37-27)39-31(22)41-32;/h16-32,34-41H,1-15H2;. The first-order chi connectivity index (χ1) is 21.4. The fourth-order valence-corrected chi connectivity index (χ4v) is 14.1. The van der Waals surface area contributed by atoms with Crippen LogP contribution in [-0.4, -0.2) is 63.0 Å². The molecule has 13 heteroatoms. The molecule has 10 nitrogen and oxygen atoms in total. The predicted molar refractivity (Wildman–Crippen MR) is 171 cm³/mol. The van der Waals surface area contributed by atoms with E-state index in [9.17, 15) is 8.42 Å². The molecule has 17 unspecified atom stereocenters. The van der Waals surface area contributed by atoms with Crippen molar-refractivity contribution in [2.75, 3.05) is 0 Å². The van der Waals surface area contributed by atoms with Gasteiger partial charge in [0.15, 0.2) is 0 Å². The van der Waals surface area contributed by atoms with E-state index in [0.29, 0.717) is 54.3 Å². The van der Waals surface area contributed by atoms with Crippen LogP contribution in [0.1, 0.15) is 96.3 Å². The minimum Gasteiger partial charge on any atom is -0.286 e. The minimum absolute atomic E-state index is 0. The Labute approximate surface area is 287 Å². The molecule has 4 saturated carbocycles. The summed E-state index contributed by atoms with van der Waals surface area (Å²) in [6.07, 6.45) is 19.6. The van der Waals surface area contributed by atoms with Gasteiger partial charge >= 0.3 is 0 Å². The van der Waals surface area contributed by atoms with Gasteiger partial charge in [0, 0.05) is 36.1 Å². The number of hydrogen-bond acceptors (Lipinski definition) is 10. The first kappa shape index (κ1) is 32.7. The van der Waals surface area contributed by atoms with Gasteiger partial charge in [-0.25, -0.2) is 8.42 Å². The Morgan fingerprint density at radius 3 is 0.956 bits per heavy atom. The third-order valence-corrected chi connectivity index (χ3v) is 16.2. The van der Waals surface area contributed by atoms with Gasteiger partial charge in [-0.1, -0.05) is 44.9 Å². The van der Waals surface area contributed by atoms with Crippen LogP contribution in [0.25, 0.3) is 0 Å². The van der Waals surface area contributed by atoms with E-state index < -0.39 is 14.3 Å². The molecule has 0 aromatic heterocycles. The van der Waals surface area contributed by atoms with Crippen molar-refractivity contribution in [1.82, 2.24) is 42.5 Å². The van der Waals surface area contributed by atoms with Crippen LogP contribution in [0, 0.1) is 47.3 Å². The molecule has 5 heterocycles. The molecule has 0 spiro atoms. The number of nitrogens with one attached hydrogen (secondary N) is 8. The molecule has 0 aromatic rings. The zero-order valence-corrected chi connectivity index (χ0v) is 31.3. The zero-order valence-electron chi connectivity index (χ0n) is 26.7. The SMILES string of the molecule is O=S(=O)(Cl)C1CCCC2C3NC4NC(NC5NC(NC6NC(NC(N3)C21)C1CCCCC61)C1CCCCC51)C1CCCCC41.[Zn]. The molecule has 8 bridgehead atoms. The molecule has 9 fully saturated rings. The largest absolute Gasteiger partial charge is 0.286 e. The van der Waals surface area contributed by atoms with Crippen molar-refractivity contribution in [3.8, 4) is 0 Å². The Kier molecular flexibility index (Phi) is 9.47. The molecule has 45 heavy (non-hydrogen) atoms. The molecular weight excluding hydrogens is 661 g/mol. The van der Waals surface area contributed by atoms with E-state index in [1.165, 1.54) is 77.0 Å². The number of hydrogen-bond donors (Lipinski definition) is 8. The number of fused-ring (bicyclic) bond motifs is 20. The molecule has 17 atom stereocenters. The molecular formula is C32H55ClN8O2SZn. The van der Waals surface area contributed by atoms with E-state index in [-0.39, 0.29) is 68.3 Å². The Bertz CT molecular complexity index is 1190. The van der Waals surface area contributed by atoms with E-state index >= 15 is 0 Å². The second-order valence-electron chi connectivity index (χ2n) is 16.2. The number of halogens is 1. The minimum atomic E-state index is -3.68. The van der Waals surface area contributed by atoms with Gasteiger partial charge in [0.2, 0.25) is 9.05 Å². The van der Waals surface area contributed by atoms with E-state index in [2.05, 4.69) is 42.5 Å². The monoisotopic (exact) mass is 714 g/mol. The molecule has 5 saturated heterocycles. The average Bonchev–Trinajstić information content (AvgIpc) is 3.76. The van der Waals surface area contributed by atoms with E-state index in [1.807, 2.05) is 0 Å². The smallest absolute Gasteiger partial charge is 0.235 e. The third-order valence-electron chi connectivity index (χ3n) is 14.2. The summed E-state index contributed by atoms with van der Waals surface area (Å²) < 4.78 is 26.1. The van der Waals surface area contributed by atoms with Gasteiger partial charge in [-0.3, -0.25) is 42.5 Å². The fourth-order valence-electron chi connectivity index (χ4n) is 12.3. The number of rotatable bonds is 1. The van der Waals surface area contributed by atoms with Gasteiger partial charge in [-0.15, -0.1) is 0 Å². The Balaban J connectivity index is 0.00000300. The van der Waals surface area contributed by atoms with Crippen molar-refractivity contribution in [3.63, 3.8) is 0 Å². The summed E-state index contributed by atoms with van der Waals surface area (Å²) in [5.74, 6) is 3.81. The van der Waals surface area contributed by atoms with Crippen molar-refractivity contribution in [3.05, 3.63) is 0 Å². The van der Waals surface area contributed by atoms with Crippen LogP contribution in [0.5, 0.6) is 0 Å². The zero-order chi connectivity index (χ0) is 29.6. The summed E-state index contributed by atoms with van der Waals surface area (Å²) in [7, 11) is 2.54. The second-order valence-corrected chi connectivity index (χ2v) is 19.0. The van der Waals surface area contributed by atoms with E-state index in [1.54, 1.807) is 0 Å². The normalized spacial score (nSPS) is 54.3. The van der Waals surface area contributed by atoms with E-state index in [4.69, 9.17) is 10.7 Å². The molecule has 9 rings (SSSR count). The first-order valence-corrected chi connectivity index (χ1v) is 20.8. The molecule has 9 aliphatic rings. The van der Waals surface area contributed by atoms with Crippen LogP contribution >= 0.6 is 10.7 Å². The summed E-state index contributed by atoms with van der Waals surface area (Å²) in [6.45, 7) is 0. The summed E-state index contributed by atoms with van der Waals surface area (Å²) >= 11 is 0. The quantitative estimate of drug-likeness (QED) is 0.151. The van der Waals surface area contributed by atoms with Crippen molar-refractivity contribution < 1.29 is 27.9 Å². The summed E-state index contributed by atoms with van der Waals surface area (Å²) in [6, 6.07) is 0. The van der Waals surface area contributed by atoms with Crippen molar-refractivity contribution in [2.45, 2.75) is 151 Å². The summed E-state index contributed by atoms with van der Waals surface area (Å²) in [4.78, 5) is 0. The van der Waals surface area contributed by atoms with Gasteiger partial charge in [0.05, 0.1) is 54.6 Å². The predicted octanol–water partition coefficient (Wildman–Crippen LogP) is 2.15. The van der Waals surface area contributed by atoms with Crippen molar-refractivity contribution in [1.29, 1.82) is 0 Å². The molecule has 0 radical (unpaired) electrons. The summed E-state index contributed by atoms with van der Waals surface area (Å²) in [5, 5.41) is 32.2. The average molecular weight is 717 g/mol. The topological polar surface area (TPSA) is 130 Å². The van der Waals surface area contributed by atoms with Crippen LogP contribution in [0.4, 0.5) is 0 Å². The molecule has 5 aliphatic heterocycles. The Morgan fingerprint density at radius 2 is 0.644 bits per heavy atom. The molecule has 8 N–H and O–H groups in total. The van der Waals surface area contributed by atoms with Crippen LogP contribution in [0.15, 0.2) is 0 Å². The maximum atomic E-state index is 13.0. The molecule has 0 aromatic carbocycles.